The smallest absolute Gasteiger partial charge is 0.339 e. The van der Waals surface area contributed by atoms with Crippen LogP contribution in [-0.2, 0) is 10.1 Å². The van der Waals surface area contributed by atoms with Gasteiger partial charge in [0.25, 0.3) is 0 Å². The maximum absolute atomic E-state index is 12.2. The van der Waals surface area contributed by atoms with E-state index in [1.165, 1.54) is 30.3 Å². The quantitative estimate of drug-likeness (QED) is 0.610. The van der Waals surface area contributed by atoms with Gasteiger partial charge in [-0.15, -0.1) is 0 Å². The first-order chi connectivity index (χ1) is 9.79. The minimum atomic E-state index is -3.99. The Bertz CT molecular complexity index is 782. The van der Waals surface area contributed by atoms with E-state index in [2.05, 4.69) is 0 Å². The van der Waals surface area contributed by atoms with Gasteiger partial charge in [0.05, 0.1) is 9.13 Å². The maximum atomic E-state index is 12.2. The highest BCUT2D eigenvalue weighted by atomic mass is 127. The molecule has 5 nitrogen and oxygen atoms in total. The fourth-order valence-corrected chi connectivity index (χ4v) is 3.11. The molecule has 0 spiro atoms. The van der Waals surface area contributed by atoms with Crippen LogP contribution in [0.25, 0.3) is 0 Å². The maximum Gasteiger partial charge on any atom is 0.339 e. The van der Waals surface area contributed by atoms with Crippen LogP contribution in [0.2, 0.25) is 0 Å². The van der Waals surface area contributed by atoms with Crippen LogP contribution in [0.1, 0.15) is 15.9 Å². The lowest BCUT2D eigenvalue weighted by Crippen LogP contribution is -2.11. The summed E-state index contributed by atoms with van der Waals surface area (Å²) in [5, 5.41) is 8.94. The summed E-state index contributed by atoms with van der Waals surface area (Å²) in [5.74, 6) is -1.15. The lowest BCUT2D eigenvalue weighted by molar-refractivity contribution is 0.0696. The van der Waals surface area contributed by atoms with Gasteiger partial charge in [-0.1, -0.05) is 17.7 Å². The third kappa shape index (κ3) is 3.73. The Morgan fingerprint density at radius 3 is 2.33 bits per heavy atom. The average Bonchev–Trinajstić information content (AvgIpc) is 2.41. The van der Waals surface area contributed by atoms with Gasteiger partial charge in [0, 0.05) is 0 Å². The Hall–Kier alpha value is -1.61. The highest BCUT2D eigenvalue weighted by molar-refractivity contribution is 14.1. The molecule has 21 heavy (non-hydrogen) atoms. The topological polar surface area (TPSA) is 80.7 Å². The van der Waals surface area contributed by atoms with Crippen LogP contribution < -0.4 is 4.18 Å². The molecule has 0 aliphatic heterocycles. The van der Waals surface area contributed by atoms with Crippen LogP contribution in [-0.4, -0.2) is 19.5 Å². The first-order valence-electron chi connectivity index (χ1n) is 5.83. The van der Waals surface area contributed by atoms with E-state index in [1.807, 2.05) is 29.5 Å². The summed E-state index contributed by atoms with van der Waals surface area (Å²) < 4.78 is 29.9. The van der Waals surface area contributed by atoms with Crippen molar-refractivity contribution in [1.82, 2.24) is 0 Å². The van der Waals surface area contributed by atoms with Crippen molar-refractivity contribution in [3.63, 3.8) is 0 Å². The molecule has 0 fully saturated rings. The normalized spacial score (nSPS) is 11.1. The Morgan fingerprint density at radius 1 is 1.14 bits per heavy atom. The zero-order valence-corrected chi connectivity index (χ0v) is 13.9. The summed E-state index contributed by atoms with van der Waals surface area (Å²) in [5.41, 5.74) is 0.890. The Morgan fingerprint density at radius 2 is 1.76 bits per heavy atom. The number of halogens is 1. The van der Waals surface area contributed by atoms with Crippen molar-refractivity contribution in [2.24, 2.45) is 0 Å². The second-order valence-corrected chi connectivity index (χ2v) is 7.01. The molecule has 0 saturated heterocycles. The molecule has 0 unspecified atom stereocenters. The first-order valence-corrected chi connectivity index (χ1v) is 8.32. The lowest BCUT2D eigenvalue weighted by Gasteiger charge is -2.09. The van der Waals surface area contributed by atoms with Crippen LogP contribution >= 0.6 is 22.6 Å². The van der Waals surface area contributed by atoms with Gasteiger partial charge in [-0.3, -0.25) is 0 Å². The fourth-order valence-electron chi connectivity index (χ4n) is 1.57. The molecule has 0 aliphatic rings. The summed E-state index contributed by atoms with van der Waals surface area (Å²) >= 11 is 1.88. The van der Waals surface area contributed by atoms with E-state index in [-0.39, 0.29) is 16.2 Å². The molecule has 0 aliphatic carbocycles. The molecule has 2 aromatic carbocycles. The van der Waals surface area contributed by atoms with Gasteiger partial charge < -0.3 is 9.29 Å². The molecule has 1 N–H and O–H groups in total. The predicted octanol–water partition coefficient (Wildman–Crippen LogP) is 3.07. The van der Waals surface area contributed by atoms with E-state index in [0.29, 0.717) is 3.57 Å². The molecular weight excluding hydrogens is 407 g/mol. The molecule has 0 atom stereocenters. The molecular formula is C14H11IO5S. The third-order valence-corrected chi connectivity index (χ3v) is 4.83. The van der Waals surface area contributed by atoms with Gasteiger partial charge in [0.15, 0.2) is 5.75 Å². The van der Waals surface area contributed by atoms with Crippen LogP contribution in [0.3, 0.4) is 0 Å². The number of carbonyl (C=O) groups is 1. The number of aryl methyl sites for hydroxylation is 1. The monoisotopic (exact) mass is 418 g/mol. The summed E-state index contributed by atoms with van der Waals surface area (Å²) in [7, 11) is -3.99. The highest BCUT2D eigenvalue weighted by Crippen LogP contribution is 2.26. The molecule has 0 aromatic heterocycles. The van der Waals surface area contributed by atoms with Crippen LogP contribution in [0.4, 0.5) is 0 Å². The summed E-state index contributed by atoms with van der Waals surface area (Å²) in [6.07, 6.45) is 0. The van der Waals surface area contributed by atoms with Crippen molar-refractivity contribution < 1.29 is 22.5 Å². The van der Waals surface area contributed by atoms with E-state index in [4.69, 9.17) is 9.29 Å². The fraction of sp³-hybridized carbons (Fsp3) is 0.0714. The summed E-state index contributed by atoms with van der Waals surface area (Å²) in [4.78, 5) is 10.9. The van der Waals surface area contributed by atoms with Gasteiger partial charge in [-0.25, -0.2) is 4.79 Å². The number of carboxylic acids is 1. The van der Waals surface area contributed by atoms with Gasteiger partial charge in [-0.05, 0) is 59.8 Å². The Balaban J connectivity index is 2.38. The minimum absolute atomic E-state index is 0.00363. The van der Waals surface area contributed by atoms with Gasteiger partial charge >= 0.3 is 16.1 Å². The van der Waals surface area contributed by atoms with E-state index in [0.717, 1.165) is 5.56 Å². The Kier molecular flexibility index (Phi) is 4.52. The van der Waals surface area contributed by atoms with Gasteiger partial charge in [-0.2, -0.15) is 8.42 Å². The number of benzene rings is 2. The second kappa shape index (κ2) is 6.02. The van der Waals surface area contributed by atoms with E-state index in [1.54, 1.807) is 12.1 Å². The SMILES string of the molecule is Cc1ccc(S(=O)(=O)Oc2cc(C(=O)O)ccc2I)cc1. The van der Waals surface area contributed by atoms with E-state index < -0.39 is 16.1 Å². The molecule has 0 amide bonds. The largest absolute Gasteiger partial charge is 0.478 e. The standard InChI is InChI=1S/C14H11IO5S/c1-9-2-5-11(6-3-9)21(18,19)20-13-8-10(14(16)17)4-7-12(13)15/h2-8H,1H3,(H,16,17). The Labute approximate surface area is 135 Å². The van der Waals surface area contributed by atoms with Crippen molar-refractivity contribution in [3.8, 4) is 5.75 Å². The molecule has 0 bridgehead atoms. The van der Waals surface area contributed by atoms with Crippen LogP contribution in [0, 0.1) is 10.5 Å². The third-order valence-electron chi connectivity index (χ3n) is 2.69. The number of aromatic carboxylic acids is 1. The molecule has 0 saturated carbocycles. The van der Waals surface area contributed by atoms with E-state index in [9.17, 15) is 13.2 Å². The number of carboxylic acid groups (broad SMARTS) is 1. The number of hydrogen-bond acceptors (Lipinski definition) is 4. The summed E-state index contributed by atoms with van der Waals surface area (Å²) in [6.45, 7) is 1.84. The van der Waals surface area contributed by atoms with Crippen LogP contribution in [0.5, 0.6) is 5.75 Å². The highest BCUT2D eigenvalue weighted by Gasteiger charge is 2.19. The van der Waals surface area contributed by atoms with Gasteiger partial charge in [0.2, 0.25) is 0 Å². The van der Waals surface area contributed by atoms with Crippen LogP contribution in [0.15, 0.2) is 47.4 Å². The zero-order valence-electron chi connectivity index (χ0n) is 10.9. The van der Waals surface area contributed by atoms with Crippen molar-refractivity contribution in [1.29, 1.82) is 0 Å². The predicted molar refractivity (Wildman–Crippen MR) is 85.1 cm³/mol. The molecule has 2 aromatic rings. The molecule has 0 radical (unpaired) electrons. The van der Waals surface area contributed by atoms with Crippen molar-refractivity contribution in [2.75, 3.05) is 0 Å². The van der Waals surface area contributed by atoms with Crippen molar-refractivity contribution in [3.05, 3.63) is 57.2 Å². The number of hydrogen-bond donors (Lipinski definition) is 1. The second-order valence-electron chi connectivity index (χ2n) is 4.30. The van der Waals surface area contributed by atoms with Crippen molar-refractivity contribution in [2.45, 2.75) is 11.8 Å². The van der Waals surface area contributed by atoms with Crippen molar-refractivity contribution >= 4 is 38.7 Å². The zero-order chi connectivity index (χ0) is 15.6. The minimum Gasteiger partial charge on any atom is -0.478 e. The first kappa shape index (κ1) is 15.8. The average molecular weight is 418 g/mol. The number of rotatable bonds is 4. The summed E-state index contributed by atoms with van der Waals surface area (Å²) in [6, 6.07) is 10.3. The molecule has 7 heteroatoms. The van der Waals surface area contributed by atoms with E-state index >= 15 is 0 Å². The van der Waals surface area contributed by atoms with Gasteiger partial charge in [0.1, 0.15) is 4.90 Å². The lowest BCUT2D eigenvalue weighted by atomic mass is 10.2. The molecule has 2 rings (SSSR count). The molecule has 0 heterocycles. The molecule has 110 valence electrons.